The highest BCUT2D eigenvalue weighted by molar-refractivity contribution is 5.65. The Morgan fingerprint density at radius 1 is 1.41 bits per heavy atom. The summed E-state index contributed by atoms with van der Waals surface area (Å²) in [5.41, 5.74) is 1.08. The number of hydrogen-bond acceptors (Lipinski definition) is 4. The molecule has 1 aromatic heterocycles. The van der Waals surface area contributed by atoms with Gasteiger partial charge in [0.25, 0.3) is 0 Å². The van der Waals surface area contributed by atoms with Crippen molar-refractivity contribution in [1.82, 2.24) is 4.98 Å². The zero-order valence-electron chi connectivity index (χ0n) is 10.6. The lowest BCUT2D eigenvalue weighted by Gasteiger charge is -2.32. The first kappa shape index (κ1) is 12.2. The number of nitrogens with zero attached hydrogens (tertiary/aromatic N) is 2. The summed E-state index contributed by atoms with van der Waals surface area (Å²) >= 11 is 0. The third-order valence-electron chi connectivity index (χ3n) is 2.99. The van der Waals surface area contributed by atoms with Crippen LogP contribution in [0.15, 0.2) is 18.3 Å². The van der Waals surface area contributed by atoms with Gasteiger partial charge in [-0.25, -0.2) is 4.98 Å². The maximum Gasteiger partial charge on any atom is 0.151 e. The van der Waals surface area contributed by atoms with E-state index < -0.39 is 0 Å². The van der Waals surface area contributed by atoms with Crippen molar-refractivity contribution < 1.29 is 5.11 Å². The lowest BCUT2D eigenvalue weighted by molar-refractivity contribution is 0.145. The number of hydrogen-bond donors (Lipinski definition) is 2. The Kier molecular flexibility index (Phi) is 3.84. The summed E-state index contributed by atoms with van der Waals surface area (Å²) in [6, 6.07) is 4.41. The van der Waals surface area contributed by atoms with Gasteiger partial charge in [0.2, 0.25) is 0 Å². The van der Waals surface area contributed by atoms with E-state index in [2.05, 4.69) is 35.1 Å². The van der Waals surface area contributed by atoms with E-state index in [1.807, 2.05) is 12.3 Å². The minimum absolute atomic E-state index is 0.142. The van der Waals surface area contributed by atoms with Crippen molar-refractivity contribution in [2.45, 2.75) is 38.8 Å². The average Bonchev–Trinajstić information content (AvgIpc) is 2.30. The van der Waals surface area contributed by atoms with Crippen molar-refractivity contribution in [3.05, 3.63) is 18.3 Å². The minimum atomic E-state index is -0.142. The van der Waals surface area contributed by atoms with Crippen LogP contribution in [-0.2, 0) is 0 Å². The van der Waals surface area contributed by atoms with Crippen molar-refractivity contribution in [3.8, 4) is 0 Å². The van der Waals surface area contributed by atoms with Crippen LogP contribution in [0.1, 0.15) is 26.7 Å². The van der Waals surface area contributed by atoms with Crippen molar-refractivity contribution >= 4 is 11.5 Å². The first-order valence-corrected chi connectivity index (χ1v) is 6.31. The molecule has 4 nitrogen and oxygen atoms in total. The molecule has 0 unspecified atom stereocenters. The first-order valence-electron chi connectivity index (χ1n) is 6.31. The van der Waals surface area contributed by atoms with Crippen LogP contribution in [0.3, 0.4) is 0 Å². The molecule has 2 N–H and O–H groups in total. The molecule has 94 valence electrons. The quantitative estimate of drug-likeness (QED) is 0.839. The SMILES string of the molecule is CC(C)Nc1cccnc1N1CCC(O)CC1. The molecule has 1 fully saturated rings. The van der Waals surface area contributed by atoms with Crippen LogP contribution in [0.4, 0.5) is 11.5 Å². The number of aliphatic hydroxyl groups is 1. The van der Waals surface area contributed by atoms with Gasteiger partial charge in [0, 0.05) is 25.3 Å². The predicted molar refractivity (Wildman–Crippen MR) is 70.4 cm³/mol. The van der Waals surface area contributed by atoms with E-state index in [-0.39, 0.29) is 6.10 Å². The number of rotatable bonds is 3. The zero-order chi connectivity index (χ0) is 12.3. The average molecular weight is 235 g/mol. The van der Waals surface area contributed by atoms with Crippen LogP contribution in [0.2, 0.25) is 0 Å². The van der Waals surface area contributed by atoms with Crippen LogP contribution in [0, 0.1) is 0 Å². The van der Waals surface area contributed by atoms with Crippen LogP contribution in [-0.4, -0.2) is 35.3 Å². The first-order chi connectivity index (χ1) is 8.16. The molecule has 0 amide bonds. The Hall–Kier alpha value is -1.29. The van der Waals surface area contributed by atoms with Gasteiger partial charge in [-0.15, -0.1) is 0 Å². The lowest BCUT2D eigenvalue weighted by atomic mass is 10.1. The van der Waals surface area contributed by atoms with Crippen LogP contribution < -0.4 is 10.2 Å². The zero-order valence-corrected chi connectivity index (χ0v) is 10.6. The molecule has 17 heavy (non-hydrogen) atoms. The monoisotopic (exact) mass is 235 g/mol. The summed E-state index contributed by atoms with van der Waals surface area (Å²) in [5.74, 6) is 1.01. The van der Waals surface area contributed by atoms with Gasteiger partial charge in [-0.2, -0.15) is 0 Å². The van der Waals surface area contributed by atoms with E-state index in [1.54, 1.807) is 0 Å². The molecule has 0 aliphatic carbocycles. The maximum atomic E-state index is 9.53. The fourth-order valence-corrected chi connectivity index (χ4v) is 2.15. The largest absolute Gasteiger partial charge is 0.393 e. The Morgan fingerprint density at radius 2 is 2.12 bits per heavy atom. The molecule has 0 atom stereocenters. The summed E-state index contributed by atoms with van der Waals surface area (Å²) in [6.45, 7) is 6.00. The molecule has 0 radical (unpaired) electrons. The highest BCUT2D eigenvalue weighted by atomic mass is 16.3. The molecule has 2 heterocycles. The summed E-state index contributed by atoms with van der Waals surface area (Å²) < 4.78 is 0. The van der Waals surface area contributed by atoms with Crippen LogP contribution in [0.5, 0.6) is 0 Å². The van der Waals surface area contributed by atoms with Gasteiger partial charge in [0.1, 0.15) is 0 Å². The number of piperidine rings is 1. The Bertz CT molecular complexity index is 359. The van der Waals surface area contributed by atoms with Gasteiger partial charge in [-0.1, -0.05) is 0 Å². The Labute approximate surface area is 103 Å². The van der Waals surface area contributed by atoms with E-state index in [0.717, 1.165) is 37.4 Å². The highest BCUT2D eigenvalue weighted by Crippen LogP contribution is 2.26. The molecule has 1 saturated heterocycles. The third-order valence-corrected chi connectivity index (χ3v) is 2.99. The van der Waals surface area contributed by atoms with Crippen molar-refractivity contribution in [3.63, 3.8) is 0 Å². The minimum Gasteiger partial charge on any atom is -0.393 e. The molecular weight excluding hydrogens is 214 g/mol. The van der Waals surface area contributed by atoms with E-state index in [1.165, 1.54) is 0 Å². The van der Waals surface area contributed by atoms with Gasteiger partial charge in [0.15, 0.2) is 5.82 Å². The third kappa shape index (κ3) is 3.09. The molecule has 1 aliphatic heterocycles. The van der Waals surface area contributed by atoms with Crippen LogP contribution >= 0.6 is 0 Å². The van der Waals surface area contributed by atoms with Crippen molar-refractivity contribution in [2.24, 2.45) is 0 Å². The van der Waals surface area contributed by atoms with Gasteiger partial charge < -0.3 is 15.3 Å². The Balaban J connectivity index is 2.14. The van der Waals surface area contributed by atoms with Crippen molar-refractivity contribution in [1.29, 1.82) is 0 Å². The van der Waals surface area contributed by atoms with Gasteiger partial charge in [-0.05, 0) is 38.8 Å². The molecule has 0 aromatic carbocycles. The second-order valence-electron chi connectivity index (χ2n) is 4.89. The molecule has 0 spiro atoms. The van der Waals surface area contributed by atoms with E-state index in [0.29, 0.717) is 6.04 Å². The fraction of sp³-hybridized carbons (Fsp3) is 0.615. The lowest BCUT2D eigenvalue weighted by Crippen LogP contribution is -2.36. The summed E-state index contributed by atoms with van der Waals surface area (Å²) in [7, 11) is 0. The van der Waals surface area contributed by atoms with E-state index >= 15 is 0 Å². The van der Waals surface area contributed by atoms with Gasteiger partial charge in [0.05, 0.1) is 11.8 Å². The number of pyridine rings is 1. The standard InChI is InChI=1S/C13H21N3O/c1-10(2)15-12-4-3-7-14-13(12)16-8-5-11(17)6-9-16/h3-4,7,10-11,15,17H,5-6,8-9H2,1-2H3. The van der Waals surface area contributed by atoms with E-state index in [9.17, 15) is 5.11 Å². The van der Waals surface area contributed by atoms with Gasteiger partial charge >= 0.3 is 0 Å². The summed E-state index contributed by atoms with van der Waals surface area (Å²) in [5, 5.41) is 12.9. The molecule has 2 rings (SSSR count). The smallest absolute Gasteiger partial charge is 0.151 e. The van der Waals surface area contributed by atoms with Crippen LogP contribution in [0.25, 0.3) is 0 Å². The molecular formula is C13H21N3O. The highest BCUT2D eigenvalue weighted by Gasteiger charge is 2.20. The number of nitrogens with one attached hydrogen (secondary N) is 1. The maximum absolute atomic E-state index is 9.53. The predicted octanol–water partition coefficient (Wildman–Crippen LogP) is 1.86. The summed E-state index contributed by atoms with van der Waals surface area (Å²) in [6.07, 6.45) is 3.35. The second-order valence-corrected chi connectivity index (χ2v) is 4.89. The fourth-order valence-electron chi connectivity index (χ4n) is 2.15. The van der Waals surface area contributed by atoms with Crippen molar-refractivity contribution in [2.75, 3.05) is 23.3 Å². The molecule has 0 saturated carbocycles. The van der Waals surface area contributed by atoms with Gasteiger partial charge in [-0.3, -0.25) is 0 Å². The molecule has 1 aromatic rings. The number of aliphatic hydroxyl groups excluding tert-OH is 1. The molecule has 0 bridgehead atoms. The number of aromatic nitrogens is 1. The normalized spacial score (nSPS) is 17.5. The second kappa shape index (κ2) is 5.36. The number of anilines is 2. The summed E-state index contributed by atoms with van der Waals surface area (Å²) in [4.78, 5) is 6.71. The Morgan fingerprint density at radius 3 is 2.76 bits per heavy atom. The molecule has 4 heteroatoms. The molecule has 1 aliphatic rings. The topological polar surface area (TPSA) is 48.4 Å². The van der Waals surface area contributed by atoms with E-state index in [4.69, 9.17) is 0 Å².